The van der Waals surface area contributed by atoms with Crippen LogP contribution >= 0.6 is 11.8 Å². The number of carbonyl (C=O) groups is 3. The summed E-state index contributed by atoms with van der Waals surface area (Å²) in [6.07, 6.45) is 1.33. The van der Waals surface area contributed by atoms with Gasteiger partial charge in [0.25, 0.3) is 5.91 Å². The molecule has 0 aromatic carbocycles. The van der Waals surface area contributed by atoms with Crippen molar-refractivity contribution in [1.29, 1.82) is 0 Å². The van der Waals surface area contributed by atoms with Crippen LogP contribution in [0.1, 0.15) is 12.7 Å². The summed E-state index contributed by atoms with van der Waals surface area (Å²) in [5, 5.41) is 26.3. The topological polar surface area (TPSA) is 150 Å². The van der Waals surface area contributed by atoms with E-state index in [0.29, 0.717) is 11.3 Å². The van der Waals surface area contributed by atoms with E-state index in [1.54, 1.807) is 6.92 Å². The van der Waals surface area contributed by atoms with Crippen molar-refractivity contribution in [1.82, 2.24) is 10.6 Å². The van der Waals surface area contributed by atoms with Gasteiger partial charge >= 0.3 is 11.9 Å². The van der Waals surface area contributed by atoms with Gasteiger partial charge in [-0.25, -0.2) is 9.59 Å². The molecule has 2 heterocycles. The van der Waals surface area contributed by atoms with Gasteiger partial charge in [0.05, 0.1) is 6.26 Å². The van der Waals surface area contributed by atoms with Crippen molar-refractivity contribution in [2.24, 2.45) is 5.16 Å². The van der Waals surface area contributed by atoms with E-state index >= 15 is 0 Å². The Morgan fingerprint density at radius 1 is 1.46 bits per heavy atom. The monoisotopic (exact) mass is 383 g/mol. The zero-order valence-electron chi connectivity index (χ0n) is 13.9. The molecule has 1 aliphatic heterocycles. The number of nitrogens with one attached hydrogen (secondary N) is 2. The van der Waals surface area contributed by atoms with E-state index in [-0.39, 0.29) is 17.2 Å². The number of oxime groups is 1. The van der Waals surface area contributed by atoms with Gasteiger partial charge in [0.1, 0.15) is 18.2 Å². The van der Waals surface area contributed by atoms with Gasteiger partial charge < -0.3 is 30.1 Å². The van der Waals surface area contributed by atoms with Crippen molar-refractivity contribution < 1.29 is 33.9 Å². The molecule has 0 fully saturated rings. The number of furan rings is 1. The van der Waals surface area contributed by atoms with Crippen molar-refractivity contribution in [3.63, 3.8) is 0 Å². The molecule has 0 spiro atoms. The Kier molecular flexibility index (Phi) is 6.28. The minimum atomic E-state index is -1.41. The number of thioether (sulfide) groups is 1. The Bertz CT molecular complexity index is 757. The highest BCUT2D eigenvalue weighted by atomic mass is 32.2. The number of hydrogen-bond donors (Lipinski definition) is 4. The first-order chi connectivity index (χ1) is 12.3. The molecule has 1 aliphatic rings. The van der Waals surface area contributed by atoms with Crippen molar-refractivity contribution in [2.45, 2.75) is 18.3 Å². The first kappa shape index (κ1) is 19.4. The lowest BCUT2D eigenvalue weighted by atomic mass is 10.2. The Morgan fingerprint density at radius 3 is 2.73 bits per heavy atom. The normalized spacial score (nSPS) is 18.7. The summed E-state index contributed by atoms with van der Waals surface area (Å²) in [6, 6.07) is 1.59. The number of hydrogen-bond acceptors (Lipinski definition) is 8. The third-order valence-corrected chi connectivity index (χ3v) is 4.76. The van der Waals surface area contributed by atoms with Crippen LogP contribution in [0.5, 0.6) is 0 Å². The summed E-state index contributed by atoms with van der Waals surface area (Å²) in [5.74, 6) is -2.94. The number of nitrogens with zero attached hydrogens (tertiary/aromatic N) is 1. The standard InChI is InChI=1S/C15H17N3O7S/c1-7-6-26-13(17-9(7)14(20)21)11(15(22)23)16-12(19)10(18-24-2)8-4-3-5-25-8/h3-5,11,13,17H,6H2,1-2H3,(H,16,19)(H,20,21)(H,22,23). The van der Waals surface area contributed by atoms with E-state index < -0.39 is 29.3 Å². The molecule has 4 N–H and O–H groups in total. The van der Waals surface area contributed by atoms with Crippen LogP contribution in [0, 0.1) is 0 Å². The molecule has 0 bridgehead atoms. The summed E-state index contributed by atoms with van der Waals surface area (Å²) in [7, 11) is 1.23. The molecule has 1 amide bonds. The molecule has 140 valence electrons. The van der Waals surface area contributed by atoms with E-state index in [0.717, 1.165) is 0 Å². The van der Waals surface area contributed by atoms with Gasteiger partial charge in [-0.05, 0) is 24.6 Å². The zero-order valence-corrected chi connectivity index (χ0v) is 14.7. The first-order valence-electron chi connectivity index (χ1n) is 7.35. The van der Waals surface area contributed by atoms with Crippen LogP contribution < -0.4 is 10.6 Å². The van der Waals surface area contributed by atoms with Gasteiger partial charge in [-0.2, -0.15) is 0 Å². The van der Waals surface area contributed by atoms with Crippen LogP contribution in [-0.4, -0.2) is 58.0 Å². The highest BCUT2D eigenvalue weighted by Crippen LogP contribution is 2.24. The Balaban J connectivity index is 2.21. The molecule has 1 aromatic rings. The average molecular weight is 383 g/mol. The van der Waals surface area contributed by atoms with E-state index in [1.165, 1.54) is 37.3 Å². The Hall–Kier alpha value is -2.95. The Labute approximate surface area is 152 Å². The molecule has 1 aromatic heterocycles. The highest BCUT2D eigenvalue weighted by molar-refractivity contribution is 8.00. The maximum Gasteiger partial charge on any atom is 0.351 e. The molecule has 2 rings (SSSR count). The third-order valence-electron chi connectivity index (χ3n) is 3.41. The first-order valence-corrected chi connectivity index (χ1v) is 8.40. The number of carboxylic acids is 2. The molecule has 26 heavy (non-hydrogen) atoms. The van der Waals surface area contributed by atoms with Gasteiger partial charge in [0.2, 0.25) is 5.71 Å². The number of carbonyl (C=O) groups excluding carboxylic acids is 1. The molecule has 0 aliphatic carbocycles. The lowest BCUT2D eigenvalue weighted by Crippen LogP contribution is -2.55. The minimum absolute atomic E-state index is 0.0777. The number of amides is 1. The number of rotatable bonds is 7. The second kappa shape index (κ2) is 8.43. The van der Waals surface area contributed by atoms with Crippen LogP contribution in [0.3, 0.4) is 0 Å². The van der Waals surface area contributed by atoms with Gasteiger partial charge in [0, 0.05) is 5.75 Å². The third kappa shape index (κ3) is 4.36. The fourth-order valence-corrected chi connectivity index (χ4v) is 3.35. The average Bonchev–Trinajstić information content (AvgIpc) is 3.11. The minimum Gasteiger partial charge on any atom is -0.480 e. The summed E-state index contributed by atoms with van der Waals surface area (Å²) in [4.78, 5) is 40.0. The molecule has 0 saturated carbocycles. The van der Waals surface area contributed by atoms with Crippen LogP contribution in [0.4, 0.5) is 0 Å². The Morgan fingerprint density at radius 2 is 2.19 bits per heavy atom. The van der Waals surface area contributed by atoms with Gasteiger partial charge in [-0.1, -0.05) is 5.16 Å². The van der Waals surface area contributed by atoms with Crippen LogP contribution in [0.25, 0.3) is 0 Å². The molecule has 2 unspecified atom stereocenters. The maximum atomic E-state index is 12.5. The van der Waals surface area contributed by atoms with Crippen molar-refractivity contribution >= 4 is 35.3 Å². The predicted molar refractivity (Wildman–Crippen MR) is 91.5 cm³/mol. The predicted octanol–water partition coefficient (Wildman–Crippen LogP) is 0.221. The number of aliphatic carboxylic acids is 2. The smallest absolute Gasteiger partial charge is 0.351 e. The molecule has 2 atom stereocenters. The fourth-order valence-electron chi connectivity index (χ4n) is 2.20. The molecule has 11 heteroatoms. The molecule has 10 nitrogen and oxygen atoms in total. The summed E-state index contributed by atoms with van der Waals surface area (Å²) in [5.41, 5.74) is 0.257. The van der Waals surface area contributed by atoms with Crippen LogP contribution in [-0.2, 0) is 19.2 Å². The van der Waals surface area contributed by atoms with Crippen molar-refractivity contribution in [2.75, 3.05) is 12.9 Å². The summed E-state index contributed by atoms with van der Waals surface area (Å²) in [6.45, 7) is 1.63. The zero-order chi connectivity index (χ0) is 19.3. The molecule has 0 saturated heterocycles. The van der Waals surface area contributed by atoms with Gasteiger partial charge in [0.15, 0.2) is 11.8 Å². The molecular formula is C15H17N3O7S. The maximum absolute atomic E-state index is 12.5. The van der Waals surface area contributed by atoms with E-state index in [4.69, 9.17) is 4.42 Å². The lowest BCUT2D eigenvalue weighted by Gasteiger charge is -2.30. The van der Waals surface area contributed by atoms with E-state index in [9.17, 15) is 24.6 Å². The summed E-state index contributed by atoms with van der Waals surface area (Å²) >= 11 is 1.17. The highest BCUT2D eigenvalue weighted by Gasteiger charge is 2.36. The van der Waals surface area contributed by atoms with E-state index in [1.807, 2.05) is 0 Å². The van der Waals surface area contributed by atoms with E-state index in [2.05, 4.69) is 20.6 Å². The van der Waals surface area contributed by atoms with Crippen LogP contribution in [0.2, 0.25) is 0 Å². The molecule has 0 radical (unpaired) electrons. The van der Waals surface area contributed by atoms with Crippen LogP contribution in [0.15, 0.2) is 39.2 Å². The second-order valence-electron chi connectivity index (χ2n) is 5.23. The van der Waals surface area contributed by atoms with Gasteiger partial charge in [-0.3, -0.25) is 4.79 Å². The van der Waals surface area contributed by atoms with Gasteiger partial charge in [-0.15, -0.1) is 11.8 Å². The van der Waals surface area contributed by atoms with Crippen molar-refractivity contribution in [3.8, 4) is 0 Å². The van der Waals surface area contributed by atoms with Crippen molar-refractivity contribution in [3.05, 3.63) is 35.4 Å². The lowest BCUT2D eigenvalue weighted by molar-refractivity contribution is -0.141. The second-order valence-corrected chi connectivity index (χ2v) is 6.36. The molecular weight excluding hydrogens is 366 g/mol. The largest absolute Gasteiger partial charge is 0.480 e. The number of carboxylic acid groups (broad SMARTS) is 2. The summed E-state index contributed by atoms with van der Waals surface area (Å²) < 4.78 is 5.09. The fraction of sp³-hybridized carbons (Fsp3) is 0.333. The quantitative estimate of drug-likeness (QED) is 0.383. The SMILES string of the molecule is CON=C(C(=O)NC(C(=O)O)C1NC(C(=O)O)=C(C)CS1)c1ccco1.